The van der Waals surface area contributed by atoms with Crippen LogP contribution >= 0.6 is 12.4 Å². The summed E-state index contributed by atoms with van der Waals surface area (Å²) in [5.41, 5.74) is 1.19. The molecule has 4 nitrogen and oxygen atoms in total. The molecule has 1 aliphatic rings. The van der Waals surface area contributed by atoms with E-state index in [1.807, 2.05) is 19.2 Å². The quantitative estimate of drug-likeness (QED) is 0.901. The largest absolute Gasteiger partial charge is 0.316 e. The maximum atomic E-state index is 12.6. The molecule has 0 amide bonds. The smallest absolute Gasteiger partial charge is 0.243 e. The highest BCUT2D eigenvalue weighted by atomic mass is 35.5. The molecular weight excluding hydrogens is 308 g/mol. The van der Waals surface area contributed by atoms with Gasteiger partial charge in [-0.25, -0.2) is 8.42 Å². The summed E-state index contributed by atoms with van der Waals surface area (Å²) in [6.45, 7) is 3.31. The zero-order valence-corrected chi connectivity index (χ0v) is 14.3. The fraction of sp³-hybridized carbons (Fsp3) is 0.600. The van der Waals surface area contributed by atoms with Crippen LogP contribution in [0.25, 0.3) is 0 Å². The van der Waals surface area contributed by atoms with Crippen molar-refractivity contribution in [1.29, 1.82) is 0 Å². The standard InChI is InChI=1S/C15H24N2O2S.ClH/c1-3-5-13-7-9-15(10-8-13)20(18,19)17-11-4-6-14(12-17)16-2;/h7-10,14,16H,3-6,11-12H2,1-2H3;1H. The highest BCUT2D eigenvalue weighted by molar-refractivity contribution is 7.89. The number of hydrogen-bond donors (Lipinski definition) is 1. The Kier molecular flexibility index (Phi) is 7.13. The van der Waals surface area contributed by atoms with Gasteiger partial charge in [0, 0.05) is 19.1 Å². The Morgan fingerprint density at radius 1 is 1.29 bits per heavy atom. The Hall–Kier alpha value is -0.620. The minimum Gasteiger partial charge on any atom is -0.316 e. The van der Waals surface area contributed by atoms with Crippen molar-refractivity contribution in [2.24, 2.45) is 0 Å². The average Bonchev–Trinajstić information content (AvgIpc) is 2.48. The summed E-state index contributed by atoms with van der Waals surface area (Å²) in [4.78, 5) is 0.411. The number of sulfonamides is 1. The van der Waals surface area contributed by atoms with Crippen molar-refractivity contribution in [2.75, 3.05) is 20.1 Å². The van der Waals surface area contributed by atoms with Gasteiger partial charge in [0.1, 0.15) is 0 Å². The first-order valence-corrected chi connectivity index (χ1v) is 8.78. The van der Waals surface area contributed by atoms with Crippen LogP contribution in [0.15, 0.2) is 29.2 Å². The van der Waals surface area contributed by atoms with Crippen molar-refractivity contribution >= 4 is 22.4 Å². The van der Waals surface area contributed by atoms with Crippen molar-refractivity contribution < 1.29 is 8.42 Å². The van der Waals surface area contributed by atoms with Gasteiger partial charge in [0.15, 0.2) is 0 Å². The van der Waals surface area contributed by atoms with E-state index in [2.05, 4.69) is 12.2 Å². The molecule has 1 aromatic carbocycles. The number of nitrogens with zero attached hydrogens (tertiary/aromatic N) is 1. The van der Waals surface area contributed by atoms with Crippen LogP contribution in [0.2, 0.25) is 0 Å². The fourth-order valence-corrected chi connectivity index (χ4v) is 4.19. The highest BCUT2D eigenvalue weighted by Gasteiger charge is 2.29. The third kappa shape index (κ3) is 4.42. The van der Waals surface area contributed by atoms with E-state index in [1.54, 1.807) is 16.4 Å². The molecule has 2 rings (SSSR count). The average molecular weight is 333 g/mol. The van der Waals surface area contributed by atoms with E-state index < -0.39 is 10.0 Å². The molecule has 0 spiro atoms. The Bertz CT molecular complexity index is 531. The van der Waals surface area contributed by atoms with Crippen LogP contribution in [0.5, 0.6) is 0 Å². The molecule has 1 N–H and O–H groups in total. The maximum absolute atomic E-state index is 12.6. The summed E-state index contributed by atoms with van der Waals surface area (Å²) >= 11 is 0. The minimum absolute atomic E-state index is 0. The first-order chi connectivity index (χ1) is 9.57. The lowest BCUT2D eigenvalue weighted by Gasteiger charge is -2.31. The summed E-state index contributed by atoms with van der Waals surface area (Å²) < 4.78 is 26.8. The lowest BCUT2D eigenvalue weighted by molar-refractivity contribution is 0.293. The van der Waals surface area contributed by atoms with Crippen LogP contribution in [-0.4, -0.2) is 38.9 Å². The summed E-state index contributed by atoms with van der Waals surface area (Å²) in [5, 5.41) is 3.18. The van der Waals surface area contributed by atoms with E-state index in [1.165, 1.54) is 5.56 Å². The van der Waals surface area contributed by atoms with Gasteiger partial charge in [-0.2, -0.15) is 4.31 Å². The van der Waals surface area contributed by atoms with Gasteiger partial charge in [0.25, 0.3) is 0 Å². The third-order valence-corrected chi connectivity index (χ3v) is 5.77. The lowest BCUT2D eigenvalue weighted by Crippen LogP contribution is -2.46. The number of benzene rings is 1. The minimum atomic E-state index is -3.34. The number of aryl methyl sites for hydroxylation is 1. The van der Waals surface area contributed by atoms with Gasteiger partial charge < -0.3 is 5.32 Å². The molecule has 120 valence electrons. The number of likely N-dealkylation sites (N-methyl/N-ethyl adjacent to an activating group) is 1. The molecule has 1 unspecified atom stereocenters. The number of piperidine rings is 1. The second-order valence-electron chi connectivity index (χ2n) is 5.38. The van der Waals surface area contributed by atoms with Gasteiger partial charge in [-0.15, -0.1) is 12.4 Å². The molecule has 0 saturated carbocycles. The Labute approximate surface area is 134 Å². The summed E-state index contributed by atoms with van der Waals surface area (Å²) in [6, 6.07) is 7.59. The van der Waals surface area contributed by atoms with Crippen LogP contribution in [-0.2, 0) is 16.4 Å². The second kappa shape index (κ2) is 8.13. The molecule has 1 fully saturated rings. The molecule has 0 aliphatic carbocycles. The van der Waals surface area contributed by atoms with Crippen molar-refractivity contribution in [3.8, 4) is 0 Å². The first kappa shape index (κ1) is 18.4. The molecule has 1 aromatic rings. The maximum Gasteiger partial charge on any atom is 0.243 e. The number of hydrogen-bond acceptors (Lipinski definition) is 3. The molecule has 1 heterocycles. The van der Waals surface area contributed by atoms with E-state index in [4.69, 9.17) is 0 Å². The van der Waals surface area contributed by atoms with Crippen LogP contribution in [0.3, 0.4) is 0 Å². The van der Waals surface area contributed by atoms with Gasteiger partial charge in [-0.05, 0) is 44.0 Å². The zero-order valence-electron chi connectivity index (χ0n) is 12.7. The second-order valence-corrected chi connectivity index (χ2v) is 7.32. The van der Waals surface area contributed by atoms with E-state index in [0.29, 0.717) is 18.0 Å². The molecule has 0 radical (unpaired) electrons. The Morgan fingerprint density at radius 2 is 1.95 bits per heavy atom. The van der Waals surface area contributed by atoms with E-state index in [9.17, 15) is 8.42 Å². The van der Waals surface area contributed by atoms with Crippen LogP contribution in [0.1, 0.15) is 31.7 Å². The van der Waals surface area contributed by atoms with Gasteiger partial charge in [0.05, 0.1) is 4.90 Å². The van der Waals surface area contributed by atoms with Crippen molar-refractivity contribution in [3.63, 3.8) is 0 Å². The van der Waals surface area contributed by atoms with Crippen molar-refractivity contribution in [2.45, 2.75) is 43.5 Å². The van der Waals surface area contributed by atoms with Crippen LogP contribution < -0.4 is 5.32 Å². The first-order valence-electron chi connectivity index (χ1n) is 7.34. The van der Waals surface area contributed by atoms with Crippen molar-refractivity contribution in [3.05, 3.63) is 29.8 Å². The van der Waals surface area contributed by atoms with Gasteiger partial charge in [-0.1, -0.05) is 25.5 Å². The number of halogens is 1. The molecule has 1 atom stereocenters. The zero-order chi connectivity index (χ0) is 14.6. The molecule has 1 aliphatic heterocycles. The van der Waals surface area contributed by atoms with Gasteiger partial charge >= 0.3 is 0 Å². The predicted octanol–water partition coefficient (Wildman–Crippen LogP) is 2.43. The summed E-state index contributed by atoms with van der Waals surface area (Å²) in [6.07, 6.45) is 4.02. The SMILES string of the molecule is CCCc1ccc(S(=O)(=O)N2CCCC(NC)C2)cc1.Cl. The summed E-state index contributed by atoms with van der Waals surface area (Å²) in [7, 11) is -1.45. The van der Waals surface area contributed by atoms with Gasteiger partial charge in [-0.3, -0.25) is 0 Å². The van der Waals surface area contributed by atoms with Gasteiger partial charge in [0.2, 0.25) is 10.0 Å². The number of rotatable bonds is 5. The third-order valence-electron chi connectivity index (χ3n) is 3.89. The molecule has 21 heavy (non-hydrogen) atoms. The molecule has 6 heteroatoms. The summed E-state index contributed by atoms with van der Waals surface area (Å²) in [5.74, 6) is 0. The van der Waals surface area contributed by atoms with Crippen molar-refractivity contribution in [1.82, 2.24) is 9.62 Å². The molecule has 0 aromatic heterocycles. The fourth-order valence-electron chi connectivity index (χ4n) is 2.66. The lowest BCUT2D eigenvalue weighted by atomic mass is 10.1. The van der Waals surface area contributed by atoms with E-state index in [0.717, 1.165) is 25.7 Å². The monoisotopic (exact) mass is 332 g/mol. The van der Waals surface area contributed by atoms with E-state index >= 15 is 0 Å². The molecule has 1 saturated heterocycles. The van der Waals surface area contributed by atoms with E-state index in [-0.39, 0.29) is 18.4 Å². The molecule has 0 bridgehead atoms. The number of nitrogens with one attached hydrogen (secondary N) is 1. The topological polar surface area (TPSA) is 49.4 Å². The van der Waals surface area contributed by atoms with Crippen LogP contribution in [0.4, 0.5) is 0 Å². The predicted molar refractivity (Wildman–Crippen MR) is 88.5 cm³/mol. The molecular formula is C15H25ClN2O2S. The Balaban J connectivity index is 0.00000220. The Morgan fingerprint density at radius 3 is 2.52 bits per heavy atom. The highest BCUT2D eigenvalue weighted by Crippen LogP contribution is 2.21. The normalized spacial score (nSPS) is 20.0. The van der Waals surface area contributed by atoms with Crippen LogP contribution in [0, 0.1) is 0 Å².